The SMILES string of the molecule is COc1cccc(C2(O)CCCN(Cc3ccccc3)C2)c1.Cl. The Kier molecular flexibility index (Phi) is 6.05. The highest BCUT2D eigenvalue weighted by molar-refractivity contribution is 5.85. The van der Waals surface area contributed by atoms with Gasteiger partial charge in [-0.05, 0) is 42.6 Å². The van der Waals surface area contributed by atoms with Crippen LogP contribution in [0.4, 0.5) is 0 Å². The molecule has 1 heterocycles. The van der Waals surface area contributed by atoms with E-state index in [-0.39, 0.29) is 12.4 Å². The number of aliphatic hydroxyl groups is 1. The maximum Gasteiger partial charge on any atom is 0.119 e. The average Bonchev–Trinajstić information content (AvgIpc) is 2.56. The van der Waals surface area contributed by atoms with Crippen LogP contribution in [0.15, 0.2) is 54.6 Å². The number of methoxy groups -OCH3 is 1. The molecule has 0 spiro atoms. The van der Waals surface area contributed by atoms with Gasteiger partial charge in [-0.3, -0.25) is 4.90 Å². The molecule has 124 valence electrons. The van der Waals surface area contributed by atoms with Crippen LogP contribution in [0, 0.1) is 0 Å². The molecule has 0 aliphatic carbocycles. The van der Waals surface area contributed by atoms with Gasteiger partial charge in [-0.15, -0.1) is 12.4 Å². The van der Waals surface area contributed by atoms with Gasteiger partial charge in [0, 0.05) is 13.1 Å². The third kappa shape index (κ3) is 4.25. The second-order valence-corrected chi connectivity index (χ2v) is 6.06. The van der Waals surface area contributed by atoms with Gasteiger partial charge < -0.3 is 9.84 Å². The van der Waals surface area contributed by atoms with Gasteiger partial charge in [0.2, 0.25) is 0 Å². The number of halogens is 1. The summed E-state index contributed by atoms with van der Waals surface area (Å²) in [4.78, 5) is 2.33. The number of β-amino-alcohol motifs (C(OH)–C–C–N with tert-alkyl or cyclic N) is 1. The maximum atomic E-state index is 11.1. The van der Waals surface area contributed by atoms with Crippen molar-refractivity contribution in [3.8, 4) is 5.75 Å². The van der Waals surface area contributed by atoms with Crippen LogP contribution >= 0.6 is 12.4 Å². The van der Waals surface area contributed by atoms with Crippen LogP contribution < -0.4 is 4.74 Å². The summed E-state index contributed by atoms with van der Waals surface area (Å²) in [6, 6.07) is 18.2. The van der Waals surface area contributed by atoms with E-state index in [0.29, 0.717) is 6.54 Å². The first-order chi connectivity index (χ1) is 10.7. The molecule has 23 heavy (non-hydrogen) atoms. The molecule has 0 amide bonds. The highest BCUT2D eigenvalue weighted by Gasteiger charge is 2.35. The zero-order chi connectivity index (χ0) is 15.4. The molecule has 0 bridgehead atoms. The van der Waals surface area contributed by atoms with Gasteiger partial charge in [-0.2, -0.15) is 0 Å². The Bertz CT molecular complexity index is 620. The smallest absolute Gasteiger partial charge is 0.119 e. The Morgan fingerprint density at radius 3 is 2.65 bits per heavy atom. The molecular formula is C19H24ClNO2. The summed E-state index contributed by atoms with van der Waals surface area (Å²) in [5.41, 5.74) is 1.45. The van der Waals surface area contributed by atoms with E-state index in [1.165, 1.54) is 5.56 Å². The van der Waals surface area contributed by atoms with Crippen molar-refractivity contribution in [2.45, 2.75) is 25.0 Å². The van der Waals surface area contributed by atoms with Crippen LogP contribution in [-0.4, -0.2) is 30.2 Å². The molecule has 4 heteroatoms. The van der Waals surface area contributed by atoms with Crippen LogP contribution in [0.2, 0.25) is 0 Å². The Hall–Kier alpha value is -1.55. The number of piperidine rings is 1. The van der Waals surface area contributed by atoms with E-state index in [1.807, 2.05) is 30.3 Å². The van der Waals surface area contributed by atoms with Crippen LogP contribution in [0.3, 0.4) is 0 Å². The first-order valence-electron chi connectivity index (χ1n) is 7.83. The number of likely N-dealkylation sites (tertiary alicyclic amines) is 1. The van der Waals surface area contributed by atoms with E-state index in [4.69, 9.17) is 4.74 Å². The van der Waals surface area contributed by atoms with Crippen molar-refractivity contribution >= 4 is 12.4 Å². The van der Waals surface area contributed by atoms with Crippen molar-refractivity contribution in [2.75, 3.05) is 20.2 Å². The Morgan fingerprint density at radius 1 is 1.13 bits per heavy atom. The number of hydrogen-bond acceptors (Lipinski definition) is 3. The normalized spacial score (nSPS) is 21.5. The fraction of sp³-hybridized carbons (Fsp3) is 0.368. The summed E-state index contributed by atoms with van der Waals surface area (Å²) in [6.45, 7) is 2.57. The summed E-state index contributed by atoms with van der Waals surface area (Å²) < 4.78 is 5.29. The zero-order valence-corrected chi connectivity index (χ0v) is 14.3. The molecule has 1 aliphatic rings. The van der Waals surface area contributed by atoms with Crippen molar-refractivity contribution in [1.29, 1.82) is 0 Å². The predicted molar refractivity (Wildman–Crippen MR) is 95.1 cm³/mol. The van der Waals surface area contributed by atoms with Crippen molar-refractivity contribution in [3.05, 3.63) is 65.7 Å². The lowest BCUT2D eigenvalue weighted by molar-refractivity contribution is -0.0382. The largest absolute Gasteiger partial charge is 0.497 e. The molecule has 2 aromatic carbocycles. The van der Waals surface area contributed by atoms with Crippen molar-refractivity contribution in [3.63, 3.8) is 0 Å². The monoisotopic (exact) mass is 333 g/mol. The first-order valence-corrected chi connectivity index (χ1v) is 7.83. The number of hydrogen-bond donors (Lipinski definition) is 1. The minimum Gasteiger partial charge on any atom is -0.497 e. The number of benzene rings is 2. The van der Waals surface area contributed by atoms with Crippen LogP contribution in [0.5, 0.6) is 5.75 Å². The molecule has 1 saturated heterocycles. The third-order valence-electron chi connectivity index (χ3n) is 4.41. The lowest BCUT2D eigenvalue weighted by atomic mass is 9.85. The van der Waals surface area contributed by atoms with Gasteiger partial charge in [0.05, 0.1) is 7.11 Å². The van der Waals surface area contributed by atoms with E-state index < -0.39 is 5.60 Å². The predicted octanol–water partition coefficient (Wildman–Crippen LogP) is 3.60. The molecule has 3 nitrogen and oxygen atoms in total. The molecule has 1 atom stereocenters. The Balaban J connectivity index is 0.00000192. The number of rotatable bonds is 4. The molecule has 1 unspecified atom stereocenters. The molecule has 3 rings (SSSR count). The third-order valence-corrected chi connectivity index (χ3v) is 4.41. The second kappa shape index (κ2) is 7.82. The highest BCUT2D eigenvalue weighted by Crippen LogP contribution is 2.33. The highest BCUT2D eigenvalue weighted by atomic mass is 35.5. The topological polar surface area (TPSA) is 32.7 Å². The van der Waals surface area contributed by atoms with E-state index in [9.17, 15) is 5.11 Å². The molecule has 0 aromatic heterocycles. The molecular weight excluding hydrogens is 310 g/mol. The minimum atomic E-state index is -0.790. The molecule has 1 aliphatic heterocycles. The summed E-state index contributed by atoms with van der Waals surface area (Å²) >= 11 is 0. The summed E-state index contributed by atoms with van der Waals surface area (Å²) in [6.07, 6.45) is 1.80. The lowest BCUT2D eigenvalue weighted by Gasteiger charge is -2.39. The zero-order valence-electron chi connectivity index (χ0n) is 13.4. The van der Waals surface area contributed by atoms with Crippen LogP contribution in [0.1, 0.15) is 24.0 Å². The van der Waals surface area contributed by atoms with Gasteiger partial charge in [0.1, 0.15) is 11.4 Å². The first kappa shape index (κ1) is 17.8. The van der Waals surface area contributed by atoms with Crippen LogP contribution in [0.25, 0.3) is 0 Å². The van der Waals surface area contributed by atoms with E-state index in [0.717, 1.165) is 37.2 Å². The summed E-state index contributed by atoms with van der Waals surface area (Å²) in [5.74, 6) is 0.797. The molecule has 2 aromatic rings. The van der Waals surface area contributed by atoms with Gasteiger partial charge in [0.15, 0.2) is 0 Å². The van der Waals surface area contributed by atoms with Crippen molar-refractivity contribution in [2.24, 2.45) is 0 Å². The van der Waals surface area contributed by atoms with Gasteiger partial charge in [0.25, 0.3) is 0 Å². The fourth-order valence-electron chi connectivity index (χ4n) is 3.25. The van der Waals surface area contributed by atoms with E-state index in [1.54, 1.807) is 7.11 Å². The van der Waals surface area contributed by atoms with E-state index in [2.05, 4.69) is 29.2 Å². The van der Waals surface area contributed by atoms with E-state index >= 15 is 0 Å². The standard InChI is InChI=1S/C19H23NO2.ClH/c1-22-18-10-5-9-17(13-18)19(21)11-6-12-20(15-19)14-16-7-3-2-4-8-16;/h2-5,7-10,13,21H,6,11-12,14-15H2,1H3;1H. The molecule has 0 saturated carbocycles. The average molecular weight is 334 g/mol. The Morgan fingerprint density at radius 2 is 1.91 bits per heavy atom. The van der Waals surface area contributed by atoms with Gasteiger partial charge in [-0.25, -0.2) is 0 Å². The molecule has 0 radical (unpaired) electrons. The summed E-state index contributed by atoms with van der Waals surface area (Å²) in [5, 5.41) is 11.1. The minimum absolute atomic E-state index is 0. The van der Waals surface area contributed by atoms with Crippen molar-refractivity contribution in [1.82, 2.24) is 4.90 Å². The maximum absolute atomic E-state index is 11.1. The fourth-order valence-corrected chi connectivity index (χ4v) is 3.25. The number of ether oxygens (including phenoxy) is 1. The lowest BCUT2D eigenvalue weighted by Crippen LogP contribution is -2.45. The van der Waals surface area contributed by atoms with Crippen LogP contribution in [-0.2, 0) is 12.1 Å². The molecule has 1 N–H and O–H groups in total. The Labute approximate surface area is 144 Å². The quantitative estimate of drug-likeness (QED) is 0.928. The molecule has 1 fully saturated rings. The second-order valence-electron chi connectivity index (χ2n) is 6.06. The summed E-state index contributed by atoms with van der Waals surface area (Å²) in [7, 11) is 1.66. The van der Waals surface area contributed by atoms with Gasteiger partial charge >= 0.3 is 0 Å². The van der Waals surface area contributed by atoms with Gasteiger partial charge in [-0.1, -0.05) is 42.5 Å². The number of nitrogens with zero attached hydrogens (tertiary/aromatic N) is 1. The van der Waals surface area contributed by atoms with Crippen molar-refractivity contribution < 1.29 is 9.84 Å².